The van der Waals surface area contributed by atoms with Crippen molar-refractivity contribution in [3.8, 4) is 0 Å². The van der Waals surface area contributed by atoms with E-state index in [-0.39, 0.29) is 0 Å². The Bertz CT molecular complexity index is 121. The molecule has 0 spiro atoms. The Hall–Kier alpha value is 0.310. The summed E-state index contributed by atoms with van der Waals surface area (Å²) in [5.74, 6) is 0. The van der Waals surface area contributed by atoms with E-state index >= 15 is 0 Å². The summed E-state index contributed by atoms with van der Waals surface area (Å²) in [6, 6.07) is 0. The molecule has 0 saturated carbocycles. The van der Waals surface area contributed by atoms with Gasteiger partial charge in [0.1, 0.15) is 6.16 Å². The molecular weight excluding hydrogens is 147 g/mol. The third-order valence-electron chi connectivity index (χ3n) is 2.27. The highest BCUT2D eigenvalue weighted by atomic mass is 31.2. The zero-order valence-electron chi connectivity index (χ0n) is 6.91. The Balaban J connectivity index is 2.70. The minimum Gasteiger partial charge on any atom is -0.213 e. The predicted molar refractivity (Wildman–Crippen MR) is 44.9 cm³/mol. The van der Waals surface area contributed by atoms with Crippen LogP contribution < -0.4 is 0 Å². The van der Waals surface area contributed by atoms with Gasteiger partial charge in [-0.15, -0.1) is 9.34 Å². The second kappa shape index (κ2) is 2.74. The van der Waals surface area contributed by atoms with E-state index in [0.717, 1.165) is 19.3 Å². The van der Waals surface area contributed by atoms with Crippen LogP contribution in [0.5, 0.6) is 0 Å². The smallest absolute Gasteiger partial charge is 0.213 e. The fraction of sp³-hybridized carbons (Fsp3) is 1.00. The molecule has 1 rings (SSSR count). The van der Waals surface area contributed by atoms with Gasteiger partial charge in [0, 0.05) is 14.1 Å². The average molecular weight is 163 g/mol. The summed E-state index contributed by atoms with van der Waals surface area (Å²) in [5.41, 5.74) is 0. The lowest BCUT2D eigenvalue weighted by Crippen LogP contribution is -2.20. The fourth-order valence-corrected chi connectivity index (χ4v) is 3.66. The number of hydrogen-bond donors (Lipinski definition) is 1. The van der Waals surface area contributed by atoms with Crippen LogP contribution in [0.4, 0.5) is 0 Å². The van der Waals surface area contributed by atoms with Gasteiger partial charge < -0.3 is 0 Å². The highest BCUT2D eigenvalue weighted by molar-refractivity contribution is 7.65. The van der Waals surface area contributed by atoms with E-state index in [2.05, 4.69) is 9.34 Å². The molecule has 1 fully saturated rings. The zero-order chi connectivity index (χ0) is 7.78. The van der Waals surface area contributed by atoms with E-state index in [4.69, 9.17) is 0 Å². The monoisotopic (exact) mass is 163 g/mol. The Labute approximate surface area is 63.2 Å². The minimum atomic E-state index is -1.82. The number of likely N-dealkylation sites (N-methyl/N-ethyl adjacent to an activating group) is 2. The minimum absolute atomic E-state index is 0.875. The highest BCUT2D eigenvalue weighted by Gasteiger charge is 2.49. The molecule has 0 amide bonds. The largest absolute Gasteiger partial charge is 0.285 e. The molecular formula is C6H16N2OP+. The van der Waals surface area contributed by atoms with E-state index in [9.17, 15) is 4.89 Å². The molecule has 0 aromatic carbocycles. The normalized spacial score (nSPS) is 27.6. The van der Waals surface area contributed by atoms with Crippen LogP contribution in [0.25, 0.3) is 0 Å². The van der Waals surface area contributed by atoms with E-state index in [1.807, 2.05) is 21.0 Å². The highest BCUT2D eigenvalue weighted by Crippen LogP contribution is 2.61. The molecule has 1 saturated heterocycles. The molecule has 4 heteroatoms. The summed E-state index contributed by atoms with van der Waals surface area (Å²) < 4.78 is 4.18. The van der Waals surface area contributed by atoms with Gasteiger partial charge in [-0.1, -0.05) is 0 Å². The number of hydrogen-bond acceptors (Lipinski definition) is 3. The molecule has 0 aliphatic carbocycles. The molecule has 1 aliphatic rings. The summed E-state index contributed by atoms with van der Waals surface area (Å²) in [6.45, 7) is 4.06. The maximum absolute atomic E-state index is 10.0. The van der Waals surface area contributed by atoms with E-state index in [1.54, 1.807) is 0 Å². The van der Waals surface area contributed by atoms with Crippen molar-refractivity contribution in [3.05, 3.63) is 0 Å². The van der Waals surface area contributed by atoms with Gasteiger partial charge in [-0.3, -0.25) is 0 Å². The molecule has 10 heavy (non-hydrogen) atoms. The molecule has 0 aromatic rings. The lowest BCUT2D eigenvalue weighted by molar-refractivity contribution is 0.463. The molecule has 60 valence electrons. The van der Waals surface area contributed by atoms with Gasteiger partial charge >= 0.3 is 0 Å². The summed E-state index contributed by atoms with van der Waals surface area (Å²) in [6.07, 6.45) is 0.875. The average Bonchev–Trinajstić information content (AvgIpc) is 2.18. The first-order chi connectivity index (χ1) is 4.61. The topological polar surface area (TPSA) is 26.7 Å². The van der Waals surface area contributed by atoms with Crippen LogP contribution in [-0.2, 0) is 0 Å². The second-order valence-electron chi connectivity index (χ2n) is 2.77. The summed E-state index contributed by atoms with van der Waals surface area (Å²) >= 11 is 0. The third-order valence-corrected chi connectivity index (χ3v) is 5.70. The van der Waals surface area contributed by atoms with Crippen LogP contribution in [0.3, 0.4) is 0 Å². The van der Waals surface area contributed by atoms with Crippen molar-refractivity contribution in [2.24, 2.45) is 0 Å². The lowest BCUT2D eigenvalue weighted by atomic mass is 10.6. The van der Waals surface area contributed by atoms with Crippen molar-refractivity contribution < 1.29 is 4.89 Å². The standard InChI is InChI=1S/C6H16N2OP/c1-4-10(9)7(2)5-6-8(10)3/h9H,4-6H2,1-3H3/q+1. The van der Waals surface area contributed by atoms with Crippen LogP contribution in [0.1, 0.15) is 6.92 Å². The first kappa shape index (κ1) is 8.41. The van der Waals surface area contributed by atoms with E-state index < -0.39 is 7.79 Å². The predicted octanol–water partition coefficient (Wildman–Crippen LogP) is 0.638. The van der Waals surface area contributed by atoms with Crippen molar-refractivity contribution in [2.75, 3.05) is 33.3 Å². The van der Waals surface area contributed by atoms with Gasteiger partial charge in [0.15, 0.2) is 0 Å². The van der Waals surface area contributed by atoms with E-state index in [0.29, 0.717) is 0 Å². The fourth-order valence-electron chi connectivity index (χ4n) is 1.35. The quantitative estimate of drug-likeness (QED) is 0.574. The Morgan fingerprint density at radius 1 is 1.30 bits per heavy atom. The molecule has 1 N–H and O–H groups in total. The van der Waals surface area contributed by atoms with E-state index in [1.165, 1.54) is 0 Å². The maximum Gasteiger partial charge on any atom is 0.285 e. The Kier molecular flexibility index (Phi) is 2.31. The van der Waals surface area contributed by atoms with Crippen molar-refractivity contribution in [1.82, 2.24) is 9.34 Å². The van der Waals surface area contributed by atoms with Gasteiger partial charge in [0.2, 0.25) is 0 Å². The van der Waals surface area contributed by atoms with Crippen LogP contribution in [0.15, 0.2) is 0 Å². The van der Waals surface area contributed by atoms with Crippen molar-refractivity contribution in [1.29, 1.82) is 0 Å². The molecule has 1 heterocycles. The van der Waals surface area contributed by atoms with Gasteiger partial charge in [-0.25, -0.2) is 4.89 Å². The van der Waals surface area contributed by atoms with Gasteiger partial charge in [0.25, 0.3) is 7.79 Å². The zero-order valence-corrected chi connectivity index (χ0v) is 7.80. The third kappa shape index (κ3) is 1.08. The van der Waals surface area contributed by atoms with Crippen LogP contribution in [-0.4, -0.2) is 47.6 Å². The molecule has 0 atom stereocenters. The number of rotatable bonds is 1. The van der Waals surface area contributed by atoms with Gasteiger partial charge in [-0.2, -0.15) is 0 Å². The maximum atomic E-state index is 10.0. The van der Waals surface area contributed by atoms with Crippen LogP contribution in [0, 0.1) is 0 Å². The Morgan fingerprint density at radius 2 is 1.70 bits per heavy atom. The van der Waals surface area contributed by atoms with Gasteiger partial charge in [0.05, 0.1) is 13.1 Å². The molecule has 0 aromatic heterocycles. The molecule has 0 bridgehead atoms. The summed E-state index contributed by atoms with van der Waals surface area (Å²) in [5, 5.41) is 0. The molecule has 0 unspecified atom stereocenters. The SMILES string of the molecule is CC[P+]1(O)N(C)CCN1C. The lowest BCUT2D eigenvalue weighted by Gasteiger charge is -2.23. The summed E-state index contributed by atoms with van der Waals surface area (Å²) in [7, 11) is 2.19. The Morgan fingerprint density at radius 3 is 1.90 bits per heavy atom. The first-order valence-corrected chi connectivity index (χ1v) is 5.48. The van der Waals surface area contributed by atoms with Crippen molar-refractivity contribution >= 4 is 7.79 Å². The van der Waals surface area contributed by atoms with Crippen molar-refractivity contribution in [3.63, 3.8) is 0 Å². The number of nitrogens with zero attached hydrogens (tertiary/aromatic N) is 2. The molecule has 3 nitrogen and oxygen atoms in total. The summed E-state index contributed by atoms with van der Waals surface area (Å²) in [4.78, 5) is 10.0. The molecule has 1 aliphatic heterocycles. The van der Waals surface area contributed by atoms with Gasteiger partial charge in [-0.05, 0) is 6.92 Å². The van der Waals surface area contributed by atoms with Crippen LogP contribution >= 0.6 is 7.79 Å². The van der Waals surface area contributed by atoms with Crippen molar-refractivity contribution in [2.45, 2.75) is 6.92 Å². The second-order valence-corrected chi connectivity index (χ2v) is 6.15. The van der Waals surface area contributed by atoms with Crippen LogP contribution in [0.2, 0.25) is 0 Å². The molecule has 0 radical (unpaired) electrons. The first-order valence-electron chi connectivity index (χ1n) is 3.65.